The molecule has 0 radical (unpaired) electrons. The van der Waals surface area contributed by atoms with Gasteiger partial charge in [-0.3, -0.25) is 10.2 Å². The Balaban J connectivity index is 2.17. The molecule has 0 bridgehead atoms. The molecule has 74 valence electrons. The molecule has 1 aromatic rings. The molecule has 0 amide bonds. The van der Waals surface area contributed by atoms with E-state index in [1.54, 1.807) is 0 Å². The van der Waals surface area contributed by atoms with Gasteiger partial charge in [-0.05, 0) is 17.5 Å². The third-order valence-electron chi connectivity index (χ3n) is 2.46. The van der Waals surface area contributed by atoms with Crippen LogP contribution in [-0.4, -0.2) is 17.3 Å². The summed E-state index contributed by atoms with van der Waals surface area (Å²) in [6.07, 6.45) is 0.565. The Kier molecular flexibility index (Phi) is 2.47. The van der Waals surface area contributed by atoms with Gasteiger partial charge in [-0.15, -0.1) is 0 Å². The zero-order chi connectivity index (χ0) is 9.97. The topological polar surface area (TPSA) is 58.6 Å². The molecular formula is C10H11NO3. The Morgan fingerprint density at radius 1 is 1.43 bits per heavy atom. The van der Waals surface area contributed by atoms with Crippen LogP contribution in [0.4, 0.5) is 0 Å². The second-order valence-electron chi connectivity index (χ2n) is 3.32. The molecule has 0 aliphatic carbocycles. The zero-order valence-corrected chi connectivity index (χ0v) is 7.56. The Hall–Kier alpha value is -1.39. The summed E-state index contributed by atoms with van der Waals surface area (Å²) < 4.78 is 0. The molecule has 1 aromatic carbocycles. The van der Waals surface area contributed by atoms with Crippen LogP contribution in [0.1, 0.15) is 11.1 Å². The summed E-state index contributed by atoms with van der Waals surface area (Å²) in [5.74, 6) is -0.625. The SMILES string of the molecule is O=C(OO)C1Cc2ccccc2CN1. The van der Waals surface area contributed by atoms with Crippen LogP contribution in [0.25, 0.3) is 0 Å². The minimum Gasteiger partial charge on any atom is -0.300 e. The van der Waals surface area contributed by atoms with Crippen molar-refractivity contribution in [3.05, 3.63) is 35.4 Å². The van der Waals surface area contributed by atoms with Crippen LogP contribution in [0.2, 0.25) is 0 Å². The molecule has 0 saturated heterocycles. The summed E-state index contributed by atoms with van der Waals surface area (Å²) in [4.78, 5) is 14.7. The van der Waals surface area contributed by atoms with Crippen molar-refractivity contribution in [2.75, 3.05) is 0 Å². The summed E-state index contributed by atoms with van der Waals surface area (Å²) in [6, 6.07) is 7.46. The molecule has 4 nitrogen and oxygen atoms in total. The lowest BCUT2D eigenvalue weighted by molar-refractivity contribution is -0.236. The fraction of sp³-hybridized carbons (Fsp3) is 0.300. The Morgan fingerprint density at radius 2 is 2.14 bits per heavy atom. The highest BCUT2D eigenvalue weighted by Crippen LogP contribution is 2.16. The van der Waals surface area contributed by atoms with Crippen molar-refractivity contribution in [2.24, 2.45) is 0 Å². The lowest BCUT2D eigenvalue weighted by Gasteiger charge is -2.23. The van der Waals surface area contributed by atoms with E-state index in [-0.39, 0.29) is 0 Å². The maximum absolute atomic E-state index is 11.0. The van der Waals surface area contributed by atoms with Crippen LogP contribution in [0, 0.1) is 0 Å². The highest BCUT2D eigenvalue weighted by molar-refractivity contribution is 5.76. The van der Waals surface area contributed by atoms with Crippen molar-refractivity contribution in [3.8, 4) is 0 Å². The van der Waals surface area contributed by atoms with E-state index < -0.39 is 12.0 Å². The van der Waals surface area contributed by atoms with E-state index in [0.29, 0.717) is 13.0 Å². The van der Waals surface area contributed by atoms with Crippen molar-refractivity contribution in [2.45, 2.75) is 19.0 Å². The second-order valence-corrected chi connectivity index (χ2v) is 3.32. The molecule has 2 N–H and O–H groups in total. The largest absolute Gasteiger partial charge is 0.359 e. The van der Waals surface area contributed by atoms with Gasteiger partial charge in [0.15, 0.2) is 0 Å². The Bertz CT molecular complexity index is 351. The summed E-state index contributed by atoms with van der Waals surface area (Å²) >= 11 is 0. The zero-order valence-electron chi connectivity index (χ0n) is 7.56. The van der Waals surface area contributed by atoms with Crippen LogP contribution >= 0.6 is 0 Å². The van der Waals surface area contributed by atoms with E-state index in [2.05, 4.69) is 10.2 Å². The van der Waals surface area contributed by atoms with Gasteiger partial charge in [-0.1, -0.05) is 24.3 Å². The van der Waals surface area contributed by atoms with Gasteiger partial charge in [-0.25, -0.2) is 4.79 Å². The van der Waals surface area contributed by atoms with E-state index >= 15 is 0 Å². The van der Waals surface area contributed by atoms with Crippen LogP contribution in [0.5, 0.6) is 0 Å². The number of hydrogen-bond acceptors (Lipinski definition) is 4. The molecule has 1 unspecified atom stereocenters. The van der Waals surface area contributed by atoms with Gasteiger partial charge in [0.25, 0.3) is 0 Å². The molecule has 0 fully saturated rings. The molecule has 1 aliphatic heterocycles. The van der Waals surface area contributed by atoms with Gasteiger partial charge in [0.2, 0.25) is 0 Å². The van der Waals surface area contributed by atoms with Gasteiger partial charge in [0.05, 0.1) is 0 Å². The lowest BCUT2D eigenvalue weighted by Crippen LogP contribution is -2.42. The molecular weight excluding hydrogens is 182 g/mol. The average Bonchev–Trinajstić information content (AvgIpc) is 2.27. The number of nitrogens with one attached hydrogen (secondary N) is 1. The van der Waals surface area contributed by atoms with Crippen molar-refractivity contribution in [1.82, 2.24) is 5.32 Å². The van der Waals surface area contributed by atoms with Gasteiger partial charge in [0, 0.05) is 6.54 Å². The first kappa shape index (κ1) is 9.18. The Labute approximate surface area is 81.4 Å². The smallest absolute Gasteiger partial charge is 0.300 e. The molecule has 0 saturated carbocycles. The maximum atomic E-state index is 11.0. The third-order valence-corrected chi connectivity index (χ3v) is 2.46. The van der Waals surface area contributed by atoms with E-state index in [9.17, 15) is 4.79 Å². The standard InChI is InChI=1S/C10H11NO3/c12-10(14-13)9-5-7-3-1-2-4-8(7)6-11-9/h1-4,9,11,13H,5-6H2. The maximum Gasteiger partial charge on any atom is 0.359 e. The van der Waals surface area contributed by atoms with E-state index in [1.807, 2.05) is 24.3 Å². The molecule has 0 spiro atoms. The van der Waals surface area contributed by atoms with Gasteiger partial charge in [-0.2, -0.15) is 5.26 Å². The monoisotopic (exact) mass is 193 g/mol. The van der Waals surface area contributed by atoms with E-state index in [4.69, 9.17) is 5.26 Å². The summed E-state index contributed by atoms with van der Waals surface area (Å²) in [5, 5.41) is 11.2. The number of hydrogen-bond donors (Lipinski definition) is 2. The minimum absolute atomic E-state index is 0.435. The molecule has 0 aromatic heterocycles. The summed E-state index contributed by atoms with van der Waals surface area (Å²) in [7, 11) is 0. The molecule has 14 heavy (non-hydrogen) atoms. The first-order chi connectivity index (χ1) is 6.81. The number of benzene rings is 1. The average molecular weight is 193 g/mol. The summed E-state index contributed by atoms with van der Waals surface area (Å²) in [5.41, 5.74) is 2.32. The quantitative estimate of drug-likeness (QED) is 0.509. The van der Waals surface area contributed by atoms with Crippen molar-refractivity contribution >= 4 is 5.97 Å². The molecule has 4 heteroatoms. The van der Waals surface area contributed by atoms with E-state index in [0.717, 1.165) is 5.56 Å². The number of fused-ring (bicyclic) bond motifs is 1. The highest BCUT2D eigenvalue weighted by atomic mass is 17.1. The number of carbonyl (C=O) groups is 1. The van der Waals surface area contributed by atoms with Crippen molar-refractivity contribution in [3.63, 3.8) is 0 Å². The first-order valence-electron chi connectivity index (χ1n) is 4.46. The van der Waals surface area contributed by atoms with Crippen LogP contribution in [0.3, 0.4) is 0 Å². The minimum atomic E-state index is -0.625. The molecule has 1 atom stereocenters. The second kappa shape index (κ2) is 3.77. The third kappa shape index (κ3) is 1.62. The molecule has 1 heterocycles. The number of rotatable bonds is 1. The fourth-order valence-corrected chi connectivity index (χ4v) is 1.68. The predicted octanol–water partition coefficient (Wildman–Crippen LogP) is 0.717. The van der Waals surface area contributed by atoms with Gasteiger partial charge >= 0.3 is 5.97 Å². The summed E-state index contributed by atoms with van der Waals surface area (Å²) in [6.45, 7) is 0.635. The predicted molar refractivity (Wildman–Crippen MR) is 49.5 cm³/mol. The lowest BCUT2D eigenvalue weighted by atomic mass is 9.96. The molecule has 2 rings (SSSR count). The fourth-order valence-electron chi connectivity index (χ4n) is 1.68. The normalized spacial score (nSPS) is 19.9. The van der Waals surface area contributed by atoms with Crippen LogP contribution < -0.4 is 5.32 Å². The van der Waals surface area contributed by atoms with Crippen molar-refractivity contribution in [1.29, 1.82) is 0 Å². The first-order valence-corrected chi connectivity index (χ1v) is 4.46. The Morgan fingerprint density at radius 3 is 2.86 bits per heavy atom. The van der Waals surface area contributed by atoms with Crippen molar-refractivity contribution < 1.29 is 14.9 Å². The van der Waals surface area contributed by atoms with E-state index in [1.165, 1.54) is 5.56 Å². The number of carbonyl (C=O) groups excluding carboxylic acids is 1. The van der Waals surface area contributed by atoms with Gasteiger partial charge < -0.3 is 0 Å². The molecule has 1 aliphatic rings. The van der Waals surface area contributed by atoms with Crippen LogP contribution in [0.15, 0.2) is 24.3 Å². The van der Waals surface area contributed by atoms with Gasteiger partial charge in [0.1, 0.15) is 6.04 Å². The van der Waals surface area contributed by atoms with Crippen LogP contribution in [-0.2, 0) is 22.6 Å². The highest BCUT2D eigenvalue weighted by Gasteiger charge is 2.25.